The molecule has 2 aromatic rings. The summed E-state index contributed by atoms with van der Waals surface area (Å²) in [4.78, 5) is 0. The fraction of sp³-hybridized carbons (Fsp3) is 0.143. The van der Waals surface area contributed by atoms with E-state index in [9.17, 15) is 0 Å². The van der Waals surface area contributed by atoms with Gasteiger partial charge < -0.3 is 10.5 Å². The Kier molecular flexibility index (Phi) is 3.69. The summed E-state index contributed by atoms with van der Waals surface area (Å²) in [6, 6.07) is 13.8. The Morgan fingerprint density at radius 1 is 1.12 bits per heavy atom. The second kappa shape index (κ2) is 5.23. The minimum absolute atomic E-state index is 0.530. The lowest BCUT2D eigenvalue weighted by Crippen LogP contribution is -2.00. The van der Waals surface area contributed by atoms with Crippen LogP contribution in [0.3, 0.4) is 0 Å². The van der Waals surface area contributed by atoms with Crippen LogP contribution in [0.4, 0.5) is 5.69 Å². The molecule has 0 aliphatic heterocycles. The summed E-state index contributed by atoms with van der Waals surface area (Å²) in [7, 11) is 0. The normalized spacial score (nSPS) is 10.2. The topological polar surface area (TPSA) is 35.2 Å². The van der Waals surface area contributed by atoms with Crippen molar-refractivity contribution in [2.75, 3.05) is 5.73 Å². The molecule has 0 amide bonds. The van der Waals surface area contributed by atoms with Gasteiger partial charge in [0.15, 0.2) is 0 Å². The second-order valence-corrected chi connectivity index (χ2v) is 4.82. The first-order chi connectivity index (χ1) is 8.16. The molecule has 0 aliphatic carbocycles. The maximum absolute atomic E-state index is 5.88. The summed E-state index contributed by atoms with van der Waals surface area (Å²) in [5.74, 6) is 0.774. The van der Waals surface area contributed by atoms with Crippen LogP contribution in [0.1, 0.15) is 11.1 Å². The zero-order valence-electron chi connectivity index (χ0n) is 9.61. The molecule has 2 nitrogen and oxygen atoms in total. The molecule has 0 bridgehead atoms. The van der Waals surface area contributed by atoms with Gasteiger partial charge in [0, 0.05) is 4.47 Å². The SMILES string of the molecule is Cc1cccc(N)c1OCc1ccc(Br)cc1. The summed E-state index contributed by atoms with van der Waals surface area (Å²) < 4.78 is 6.82. The predicted octanol–water partition coefficient (Wildman–Crippen LogP) is 3.92. The third-order valence-electron chi connectivity index (χ3n) is 2.54. The van der Waals surface area contributed by atoms with E-state index >= 15 is 0 Å². The number of rotatable bonds is 3. The molecule has 0 aliphatic rings. The molecule has 0 spiro atoms. The van der Waals surface area contributed by atoms with E-state index in [0.29, 0.717) is 12.3 Å². The molecule has 0 atom stereocenters. The fourth-order valence-corrected chi connectivity index (χ4v) is 1.87. The van der Waals surface area contributed by atoms with Gasteiger partial charge in [-0.1, -0.05) is 40.2 Å². The average Bonchev–Trinajstić information content (AvgIpc) is 2.31. The number of anilines is 1. The molecule has 0 fully saturated rings. The molecule has 3 heteroatoms. The van der Waals surface area contributed by atoms with Gasteiger partial charge in [-0.05, 0) is 36.2 Å². The van der Waals surface area contributed by atoms with Crippen LogP contribution < -0.4 is 10.5 Å². The highest BCUT2D eigenvalue weighted by Crippen LogP contribution is 2.26. The van der Waals surface area contributed by atoms with Crippen molar-refractivity contribution in [2.45, 2.75) is 13.5 Å². The number of hydrogen-bond acceptors (Lipinski definition) is 2. The maximum Gasteiger partial charge on any atom is 0.145 e. The first kappa shape index (κ1) is 12.0. The van der Waals surface area contributed by atoms with E-state index < -0.39 is 0 Å². The molecular formula is C14H14BrNO. The van der Waals surface area contributed by atoms with Crippen molar-refractivity contribution < 1.29 is 4.74 Å². The summed E-state index contributed by atoms with van der Waals surface area (Å²) in [6.45, 7) is 2.52. The Labute approximate surface area is 110 Å². The summed E-state index contributed by atoms with van der Waals surface area (Å²) in [6.07, 6.45) is 0. The first-order valence-electron chi connectivity index (χ1n) is 5.39. The molecule has 88 valence electrons. The minimum Gasteiger partial charge on any atom is -0.486 e. The first-order valence-corrected chi connectivity index (χ1v) is 6.18. The van der Waals surface area contributed by atoms with Crippen LogP contribution in [0.5, 0.6) is 5.75 Å². The van der Waals surface area contributed by atoms with Crippen molar-refractivity contribution in [1.29, 1.82) is 0 Å². The monoisotopic (exact) mass is 291 g/mol. The molecule has 0 saturated carbocycles. The quantitative estimate of drug-likeness (QED) is 0.870. The van der Waals surface area contributed by atoms with Crippen LogP contribution in [-0.4, -0.2) is 0 Å². The Bertz CT molecular complexity index is 488. The van der Waals surface area contributed by atoms with E-state index in [0.717, 1.165) is 21.3 Å². The fourth-order valence-electron chi connectivity index (χ4n) is 1.61. The van der Waals surface area contributed by atoms with Gasteiger partial charge in [0.25, 0.3) is 0 Å². The van der Waals surface area contributed by atoms with Crippen molar-refractivity contribution in [2.24, 2.45) is 0 Å². The highest BCUT2D eigenvalue weighted by atomic mass is 79.9. The number of ether oxygens (including phenoxy) is 1. The number of halogens is 1. The van der Waals surface area contributed by atoms with Crippen LogP contribution >= 0.6 is 15.9 Å². The second-order valence-electron chi connectivity index (χ2n) is 3.91. The minimum atomic E-state index is 0.530. The molecular weight excluding hydrogens is 278 g/mol. The molecule has 2 rings (SSSR count). The highest BCUT2D eigenvalue weighted by molar-refractivity contribution is 9.10. The van der Waals surface area contributed by atoms with Gasteiger partial charge in [0.2, 0.25) is 0 Å². The number of para-hydroxylation sites is 1. The maximum atomic E-state index is 5.88. The van der Waals surface area contributed by atoms with Crippen molar-refractivity contribution in [1.82, 2.24) is 0 Å². The molecule has 17 heavy (non-hydrogen) atoms. The number of nitrogens with two attached hydrogens (primary N) is 1. The molecule has 2 N–H and O–H groups in total. The lowest BCUT2D eigenvalue weighted by Gasteiger charge is -2.11. The van der Waals surface area contributed by atoms with Gasteiger partial charge in [-0.3, -0.25) is 0 Å². The standard InChI is InChI=1S/C14H14BrNO/c1-10-3-2-4-13(16)14(10)17-9-11-5-7-12(15)8-6-11/h2-8H,9,16H2,1H3. The van der Waals surface area contributed by atoms with E-state index in [1.807, 2.05) is 49.4 Å². The predicted molar refractivity (Wildman–Crippen MR) is 74.1 cm³/mol. The van der Waals surface area contributed by atoms with Crippen LogP contribution in [0, 0.1) is 6.92 Å². The van der Waals surface area contributed by atoms with E-state index in [-0.39, 0.29) is 0 Å². The van der Waals surface area contributed by atoms with Gasteiger partial charge in [0.05, 0.1) is 5.69 Å². The van der Waals surface area contributed by atoms with Crippen molar-refractivity contribution in [3.05, 3.63) is 58.1 Å². The summed E-state index contributed by atoms with van der Waals surface area (Å²) in [5, 5.41) is 0. The van der Waals surface area contributed by atoms with E-state index in [1.54, 1.807) is 0 Å². The highest BCUT2D eigenvalue weighted by Gasteiger charge is 2.04. The lowest BCUT2D eigenvalue weighted by atomic mass is 10.2. The largest absolute Gasteiger partial charge is 0.486 e. The Morgan fingerprint density at radius 2 is 1.82 bits per heavy atom. The van der Waals surface area contributed by atoms with E-state index in [1.165, 1.54) is 0 Å². The van der Waals surface area contributed by atoms with Crippen LogP contribution in [0.2, 0.25) is 0 Å². The van der Waals surface area contributed by atoms with E-state index in [4.69, 9.17) is 10.5 Å². The third-order valence-corrected chi connectivity index (χ3v) is 3.07. The van der Waals surface area contributed by atoms with Crippen LogP contribution in [0.25, 0.3) is 0 Å². The van der Waals surface area contributed by atoms with Gasteiger partial charge in [-0.15, -0.1) is 0 Å². The molecule has 0 radical (unpaired) electrons. The molecule has 0 unspecified atom stereocenters. The number of hydrogen-bond donors (Lipinski definition) is 1. The van der Waals surface area contributed by atoms with Gasteiger partial charge >= 0.3 is 0 Å². The lowest BCUT2D eigenvalue weighted by molar-refractivity contribution is 0.306. The Balaban J connectivity index is 2.10. The van der Waals surface area contributed by atoms with Gasteiger partial charge in [-0.2, -0.15) is 0 Å². The van der Waals surface area contributed by atoms with E-state index in [2.05, 4.69) is 15.9 Å². The number of nitrogen functional groups attached to an aromatic ring is 1. The number of benzene rings is 2. The van der Waals surface area contributed by atoms with Crippen molar-refractivity contribution in [3.63, 3.8) is 0 Å². The van der Waals surface area contributed by atoms with Gasteiger partial charge in [-0.25, -0.2) is 0 Å². The van der Waals surface area contributed by atoms with Crippen molar-refractivity contribution in [3.8, 4) is 5.75 Å². The third kappa shape index (κ3) is 3.01. The molecule has 2 aromatic carbocycles. The molecule has 0 aromatic heterocycles. The zero-order chi connectivity index (χ0) is 12.3. The smallest absolute Gasteiger partial charge is 0.145 e. The summed E-state index contributed by atoms with van der Waals surface area (Å²) in [5.41, 5.74) is 8.74. The molecule has 0 saturated heterocycles. The van der Waals surface area contributed by atoms with Crippen molar-refractivity contribution >= 4 is 21.6 Å². The number of aryl methyl sites for hydroxylation is 1. The van der Waals surface area contributed by atoms with Crippen LogP contribution in [0.15, 0.2) is 46.9 Å². The summed E-state index contributed by atoms with van der Waals surface area (Å²) >= 11 is 3.40. The van der Waals surface area contributed by atoms with Crippen LogP contribution in [-0.2, 0) is 6.61 Å². The Hall–Kier alpha value is -1.48. The van der Waals surface area contributed by atoms with Gasteiger partial charge in [0.1, 0.15) is 12.4 Å². The average molecular weight is 292 g/mol. The molecule has 0 heterocycles. The zero-order valence-corrected chi connectivity index (χ0v) is 11.2. The Morgan fingerprint density at radius 3 is 2.47 bits per heavy atom.